The number of halogens is 1. The van der Waals surface area contributed by atoms with E-state index in [4.69, 9.17) is 0 Å². The topological polar surface area (TPSA) is 57.6 Å². The van der Waals surface area contributed by atoms with Crippen LogP contribution in [0.15, 0.2) is 70.5 Å². The Bertz CT molecular complexity index is 1000. The van der Waals surface area contributed by atoms with Crippen LogP contribution in [0.25, 0.3) is 0 Å². The molecule has 1 amide bonds. The summed E-state index contributed by atoms with van der Waals surface area (Å²) in [5.74, 6) is -0.710. The van der Waals surface area contributed by atoms with E-state index in [9.17, 15) is 14.7 Å². The summed E-state index contributed by atoms with van der Waals surface area (Å²) in [7, 11) is 0. The molecule has 3 aromatic rings. The molecule has 0 fully saturated rings. The number of Topliss-reactive ketones (excluding diaryl/α,β-unsaturated/α-hetero) is 1. The number of hydrogen-bond acceptors (Lipinski definition) is 4. The summed E-state index contributed by atoms with van der Waals surface area (Å²) in [6.45, 7) is 0.337. The highest BCUT2D eigenvalue weighted by atomic mass is 79.9. The number of thiophene rings is 1. The maximum atomic E-state index is 13.2. The van der Waals surface area contributed by atoms with Gasteiger partial charge >= 0.3 is 0 Å². The number of rotatable bonds is 5. The Morgan fingerprint density at radius 1 is 1.11 bits per heavy atom. The lowest BCUT2D eigenvalue weighted by atomic mass is 9.89. The zero-order chi connectivity index (χ0) is 19.0. The van der Waals surface area contributed by atoms with Gasteiger partial charge in [-0.05, 0) is 35.2 Å². The van der Waals surface area contributed by atoms with E-state index >= 15 is 0 Å². The first-order valence-electron chi connectivity index (χ1n) is 8.44. The summed E-state index contributed by atoms with van der Waals surface area (Å²) >= 11 is 4.71. The molecule has 1 aliphatic rings. The molecule has 0 bridgehead atoms. The van der Waals surface area contributed by atoms with Crippen LogP contribution in [-0.2, 0) is 16.9 Å². The van der Waals surface area contributed by atoms with Crippen LogP contribution >= 0.6 is 27.3 Å². The van der Waals surface area contributed by atoms with Crippen molar-refractivity contribution >= 4 is 44.6 Å². The molecule has 27 heavy (non-hydrogen) atoms. The fourth-order valence-corrected chi connectivity index (χ4v) is 4.40. The van der Waals surface area contributed by atoms with Crippen LogP contribution in [0, 0.1) is 0 Å². The molecule has 0 radical (unpaired) electrons. The molecule has 1 unspecified atom stereocenters. The SMILES string of the molecule is O=C(CC1(O)C(=O)N(Cc2ccccc2)c2ccc(Br)cc21)c1cccs1. The summed E-state index contributed by atoms with van der Waals surface area (Å²) < 4.78 is 0.748. The van der Waals surface area contributed by atoms with Gasteiger partial charge in [-0.3, -0.25) is 9.59 Å². The van der Waals surface area contributed by atoms with Gasteiger partial charge in [0, 0.05) is 10.0 Å². The predicted molar refractivity (Wildman–Crippen MR) is 109 cm³/mol. The van der Waals surface area contributed by atoms with E-state index in [-0.39, 0.29) is 12.2 Å². The van der Waals surface area contributed by atoms with E-state index < -0.39 is 11.5 Å². The second-order valence-corrected chi connectivity index (χ2v) is 8.34. The van der Waals surface area contributed by atoms with Crippen LogP contribution in [0.5, 0.6) is 0 Å². The maximum Gasteiger partial charge on any atom is 0.264 e. The van der Waals surface area contributed by atoms with Gasteiger partial charge in [0.25, 0.3) is 5.91 Å². The molecule has 0 saturated carbocycles. The smallest absolute Gasteiger partial charge is 0.264 e. The summed E-state index contributed by atoms with van der Waals surface area (Å²) in [5, 5.41) is 13.1. The second-order valence-electron chi connectivity index (χ2n) is 6.48. The molecular weight excluding hydrogens is 426 g/mol. The molecule has 1 atom stereocenters. The van der Waals surface area contributed by atoms with Gasteiger partial charge in [0.05, 0.1) is 23.5 Å². The zero-order valence-corrected chi connectivity index (χ0v) is 16.7. The number of carbonyl (C=O) groups is 2. The molecule has 136 valence electrons. The average molecular weight is 442 g/mol. The lowest BCUT2D eigenvalue weighted by Crippen LogP contribution is -2.41. The van der Waals surface area contributed by atoms with Crippen molar-refractivity contribution in [2.24, 2.45) is 0 Å². The molecule has 1 aromatic heterocycles. The summed E-state index contributed by atoms with van der Waals surface area (Å²) in [4.78, 5) is 27.9. The zero-order valence-electron chi connectivity index (χ0n) is 14.3. The number of benzene rings is 2. The van der Waals surface area contributed by atoms with Gasteiger partial charge in [-0.15, -0.1) is 11.3 Å². The third-order valence-electron chi connectivity index (χ3n) is 4.69. The number of carbonyl (C=O) groups excluding carboxylic acids is 2. The average Bonchev–Trinajstić information content (AvgIpc) is 3.26. The molecule has 2 heterocycles. The number of anilines is 1. The van der Waals surface area contributed by atoms with Gasteiger partial charge in [0.15, 0.2) is 11.4 Å². The Morgan fingerprint density at radius 2 is 1.89 bits per heavy atom. The van der Waals surface area contributed by atoms with Crippen LogP contribution in [0.1, 0.15) is 27.2 Å². The van der Waals surface area contributed by atoms with Crippen molar-refractivity contribution in [2.45, 2.75) is 18.6 Å². The highest BCUT2D eigenvalue weighted by Gasteiger charge is 2.51. The Hall–Kier alpha value is -2.28. The monoisotopic (exact) mass is 441 g/mol. The normalized spacial score (nSPS) is 18.6. The van der Waals surface area contributed by atoms with Crippen LogP contribution in [-0.4, -0.2) is 16.8 Å². The van der Waals surface area contributed by atoms with Gasteiger partial charge in [0.1, 0.15) is 0 Å². The number of aliphatic hydroxyl groups is 1. The largest absolute Gasteiger partial charge is 0.375 e. The fourth-order valence-electron chi connectivity index (χ4n) is 3.37. The van der Waals surface area contributed by atoms with Gasteiger partial charge < -0.3 is 10.0 Å². The van der Waals surface area contributed by atoms with Crippen molar-refractivity contribution in [1.82, 2.24) is 0 Å². The minimum Gasteiger partial charge on any atom is -0.375 e. The Morgan fingerprint density at radius 3 is 2.59 bits per heavy atom. The van der Waals surface area contributed by atoms with Crippen LogP contribution in [0.4, 0.5) is 5.69 Å². The van der Waals surface area contributed by atoms with Crippen LogP contribution in [0.2, 0.25) is 0 Å². The van der Waals surface area contributed by atoms with E-state index in [2.05, 4.69) is 15.9 Å². The predicted octanol–water partition coefficient (Wildman–Crippen LogP) is 4.52. The number of fused-ring (bicyclic) bond motifs is 1. The molecular formula is C21H16BrNO3S. The molecule has 0 aliphatic carbocycles. The van der Waals surface area contributed by atoms with Crippen molar-refractivity contribution in [3.8, 4) is 0 Å². The molecule has 6 heteroatoms. The standard InChI is InChI=1S/C21H16BrNO3S/c22-15-8-9-17-16(11-15)21(26,12-18(24)19-7-4-10-27-19)20(25)23(17)13-14-5-2-1-3-6-14/h1-11,26H,12-13H2. The number of amides is 1. The van der Waals surface area contributed by atoms with Crippen molar-refractivity contribution in [2.75, 3.05) is 4.90 Å². The maximum absolute atomic E-state index is 13.2. The van der Waals surface area contributed by atoms with Crippen molar-refractivity contribution < 1.29 is 14.7 Å². The lowest BCUT2D eigenvalue weighted by Gasteiger charge is -2.22. The molecule has 4 rings (SSSR count). The third-order valence-corrected chi connectivity index (χ3v) is 6.09. The minimum absolute atomic E-state index is 0.242. The molecule has 0 saturated heterocycles. The summed E-state index contributed by atoms with van der Waals surface area (Å²) in [6.07, 6.45) is -0.277. The number of hydrogen-bond donors (Lipinski definition) is 1. The minimum atomic E-state index is -1.87. The second kappa shape index (κ2) is 7.03. The first-order valence-corrected chi connectivity index (χ1v) is 10.1. The molecule has 1 N–H and O–H groups in total. The summed E-state index contributed by atoms with van der Waals surface area (Å²) in [5.41, 5.74) is 0.180. The van der Waals surface area contributed by atoms with E-state index in [1.54, 1.807) is 34.5 Å². The lowest BCUT2D eigenvalue weighted by molar-refractivity contribution is -0.136. The highest BCUT2D eigenvalue weighted by molar-refractivity contribution is 9.10. The van der Waals surface area contributed by atoms with E-state index in [0.717, 1.165) is 10.0 Å². The third kappa shape index (κ3) is 3.25. The van der Waals surface area contributed by atoms with Gasteiger partial charge in [0.2, 0.25) is 0 Å². The highest BCUT2D eigenvalue weighted by Crippen LogP contribution is 2.44. The molecule has 0 spiro atoms. The summed E-state index contributed by atoms with van der Waals surface area (Å²) in [6, 6.07) is 18.4. The van der Waals surface area contributed by atoms with Crippen LogP contribution in [0.3, 0.4) is 0 Å². The molecule has 1 aliphatic heterocycles. The molecule has 2 aromatic carbocycles. The van der Waals surface area contributed by atoms with Gasteiger partial charge in [-0.25, -0.2) is 0 Å². The van der Waals surface area contributed by atoms with Gasteiger partial charge in [-0.2, -0.15) is 0 Å². The van der Waals surface area contributed by atoms with Crippen molar-refractivity contribution in [1.29, 1.82) is 0 Å². The Balaban J connectivity index is 1.73. The first-order chi connectivity index (χ1) is 13.0. The number of ketones is 1. The quantitative estimate of drug-likeness (QED) is 0.592. The van der Waals surface area contributed by atoms with E-state index in [1.807, 2.05) is 36.4 Å². The fraction of sp³-hybridized carbons (Fsp3) is 0.143. The Labute approximate surface area is 169 Å². The van der Waals surface area contributed by atoms with Gasteiger partial charge in [-0.1, -0.05) is 52.3 Å². The van der Waals surface area contributed by atoms with E-state index in [1.165, 1.54) is 11.3 Å². The van der Waals surface area contributed by atoms with Crippen molar-refractivity contribution in [3.63, 3.8) is 0 Å². The number of nitrogens with zero attached hydrogens (tertiary/aromatic N) is 1. The van der Waals surface area contributed by atoms with Crippen molar-refractivity contribution in [3.05, 3.63) is 86.5 Å². The Kier molecular flexibility index (Phi) is 4.72. The van der Waals surface area contributed by atoms with E-state index in [0.29, 0.717) is 22.7 Å². The van der Waals surface area contributed by atoms with Crippen LogP contribution < -0.4 is 4.90 Å². The molecule has 4 nitrogen and oxygen atoms in total. The first kappa shape index (κ1) is 18.1.